The minimum Gasteiger partial charge on any atom is -0.376 e. The predicted octanol–water partition coefficient (Wildman–Crippen LogP) is 4.84. The van der Waals surface area contributed by atoms with Crippen molar-refractivity contribution in [3.05, 3.63) is 34.2 Å². The molecular weight excluding hydrogens is 392 g/mol. The Morgan fingerprint density at radius 2 is 2.07 bits per heavy atom. The Morgan fingerprint density at radius 3 is 2.82 bits per heavy atom. The second-order valence-corrected chi connectivity index (χ2v) is 9.55. The van der Waals surface area contributed by atoms with Gasteiger partial charge in [0.1, 0.15) is 0 Å². The molecule has 0 aliphatic carbocycles. The van der Waals surface area contributed by atoms with Crippen LogP contribution in [0.2, 0.25) is 5.02 Å². The summed E-state index contributed by atoms with van der Waals surface area (Å²) in [5.41, 5.74) is 0. The average Bonchev–Trinajstić information content (AvgIpc) is 3.35. The number of benzene rings is 1. The van der Waals surface area contributed by atoms with E-state index in [4.69, 9.17) is 16.3 Å². The van der Waals surface area contributed by atoms with Crippen LogP contribution in [0.5, 0.6) is 0 Å². The van der Waals surface area contributed by atoms with Gasteiger partial charge in [0, 0.05) is 41.1 Å². The van der Waals surface area contributed by atoms with Crippen LogP contribution in [0.3, 0.4) is 0 Å². The summed E-state index contributed by atoms with van der Waals surface area (Å²) in [6, 6.07) is 8.37. The molecule has 3 heterocycles. The second-order valence-electron chi connectivity index (χ2n) is 8.03. The summed E-state index contributed by atoms with van der Waals surface area (Å²) in [5.74, 6) is 0.831. The van der Waals surface area contributed by atoms with Gasteiger partial charge in [-0.05, 0) is 57.2 Å². The first-order valence-corrected chi connectivity index (χ1v) is 11.6. The van der Waals surface area contributed by atoms with Crippen molar-refractivity contribution in [3.63, 3.8) is 0 Å². The predicted molar refractivity (Wildman–Crippen MR) is 116 cm³/mol. The fraction of sp³-hybridized carbons (Fsp3) is 0.591. The van der Waals surface area contributed by atoms with E-state index in [-0.39, 0.29) is 12.0 Å². The van der Waals surface area contributed by atoms with Crippen molar-refractivity contribution in [3.8, 4) is 0 Å². The Balaban J connectivity index is 1.18. The lowest BCUT2D eigenvalue weighted by atomic mass is 9.92. The second kappa shape index (κ2) is 9.57. The Hall–Kier alpha value is -1.14. The number of halogens is 1. The molecule has 152 valence electrons. The van der Waals surface area contributed by atoms with Crippen LogP contribution in [0, 0.1) is 5.92 Å². The molecule has 2 aromatic rings. The minimum absolute atomic E-state index is 0.176. The molecular formula is C22H29ClN2O2S. The van der Waals surface area contributed by atoms with E-state index in [0.717, 1.165) is 50.5 Å². The Morgan fingerprint density at radius 1 is 1.25 bits per heavy atom. The molecule has 1 N–H and O–H groups in total. The number of rotatable bonds is 7. The van der Waals surface area contributed by atoms with Gasteiger partial charge in [-0.2, -0.15) is 0 Å². The number of amides is 1. The van der Waals surface area contributed by atoms with Gasteiger partial charge in [0.15, 0.2) is 0 Å². The molecule has 1 amide bonds. The lowest BCUT2D eigenvalue weighted by Gasteiger charge is -2.31. The molecule has 2 saturated heterocycles. The monoisotopic (exact) mass is 420 g/mol. The van der Waals surface area contributed by atoms with Gasteiger partial charge in [0.25, 0.3) is 0 Å². The smallest absolute Gasteiger partial charge is 0.220 e. The first-order valence-electron chi connectivity index (χ1n) is 10.5. The maximum absolute atomic E-state index is 12.1. The Bertz CT molecular complexity index is 795. The van der Waals surface area contributed by atoms with E-state index in [2.05, 4.69) is 28.4 Å². The number of carbonyl (C=O) groups is 1. The first-order chi connectivity index (χ1) is 13.7. The summed E-state index contributed by atoms with van der Waals surface area (Å²) in [5, 5.41) is 5.13. The van der Waals surface area contributed by atoms with Gasteiger partial charge in [-0.1, -0.05) is 29.8 Å². The summed E-state index contributed by atoms with van der Waals surface area (Å²) in [6.07, 6.45) is 6.39. The molecule has 0 spiro atoms. The molecule has 0 bridgehead atoms. The van der Waals surface area contributed by atoms with Crippen molar-refractivity contribution >= 4 is 38.9 Å². The van der Waals surface area contributed by atoms with Crippen LogP contribution in [0.4, 0.5) is 0 Å². The largest absolute Gasteiger partial charge is 0.376 e. The van der Waals surface area contributed by atoms with Crippen LogP contribution >= 0.6 is 22.9 Å². The fourth-order valence-corrected chi connectivity index (χ4v) is 5.79. The van der Waals surface area contributed by atoms with Gasteiger partial charge in [-0.3, -0.25) is 9.69 Å². The number of piperidine rings is 1. The number of fused-ring (bicyclic) bond motifs is 1. The first kappa shape index (κ1) is 20.1. The molecule has 1 atom stereocenters. The number of carbonyl (C=O) groups excluding carboxylic acids is 1. The SMILES string of the molecule is O=C(CCC1CCN(Cc2sc3ccccc3c2Cl)CC1)NCC1CCCO1. The molecule has 2 fully saturated rings. The fourth-order valence-electron chi connectivity index (χ4n) is 4.26. The third-order valence-electron chi connectivity index (χ3n) is 6.01. The van der Waals surface area contributed by atoms with Crippen LogP contribution in [0.1, 0.15) is 43.4 Å². The van der Waals surface area contributed by atoms with Gasteiger partial charge in [-0.25, -0.2) is 0 Å². The lowest BCUT2D eigenvalue weighted by Crippen LogP contribution is -2.34. The zero-order chi connectivity index (χ0) is 19.3. The quantitative estimate of drug-likeness (QED) is 0.696. The zero-order valence-corrected chi connectivity index (χ0v) is 17.9. The van der Waals surface area contributed by atoms with E-state index in [0.29, 0.717) is 18.9 Å². The Labute approximate surface area is 176 Å². The number of ether oxygens (including phenoxy) is 1. The topological polar surface area (TPSA) is 41.6 Å². The van der Waals surface area contributed by atoms with Crippen LogP contribution in [-0.4, -0.2) is 43.2 Å². The molecule has 2 aliphatic rings. The van der Waals surface area contributed by atoms with E-state index in [1.165, 1.54) is 27.8 Å². The van der Waals surface area contributed by atoms with Crippen molar-refractivity contribution in [2.24, 2.45) is 5.92 Å². The van der Waals surface area contributed by atoms with E-state index < -0.39 is 0 Å². The van der Waals surface area contributed by atoms with Gasteiger partial charge >= 0.3 is 0 Å². The van der Waals surface area contributed by atoms with Crippen LogP contribution in [0.25, 0.3) is 10.1 Å². The number of hydrogen-bond donors (Lipinski definition) is 1. The van der Waals surface area contributed by atoms with Crippen molar-refractivity contribution in [2.75, 3.05) is 26.2 Å². The van der Waals surface area contributed by atoms with Gasteiger partial charge in [-0.15, -0.1) is 11.3 Å². The molecule has 28 heavy (non-hydrogen) atoms. The molecule has 2 aliphatic heterocycles. The summed E-state index contributed by atoms with van der Waals surface area (Å²) in [7, 11) is 0. The molecule has 1 aromatic heterocycles. The summed E-state index contributed by atoms with van der Waals surface area (Å²) < 4.78 is 6.83. The third kappa shape index (κ3) is 5.07. The molecule has 0 saturated carbocycles. The normalized spacial score (nSPS) is 21.4. The molecule has 1 aromatic carbocycles. The number of nitrogens with zero attached hydrogens (tertiary/aromatic N) is 1. The number of thiophene rings is 1. The highest BCUT2D eigenvalue weighted by Gasteiger charge is 2.22. The van der Waals surface area contributed by atoms with Gasteiger partial charge < -0.3 is 10.1 Å². The summed E-state index contributed by atoms with van der Waals surface area (Å²) >= 11 is 8.41. The Kier molecular flexibility index (Phi) is 6.89. The highest BCUT2D eigenvalue weighted by Crippen LogP contribution is 2.36. The summed E-state index contributed by atoms with van der Waals surface area (Å²) in [4.78, 5) is 15.9. The molecule has 6 heteroatoms. The van der Waals surface area contributed by atoms with E-state index in [9.17, 15) is 4.79 Å². The maximum Gasteiger partial charge on any atom is 0.220 e. The highest BCUT2D eigenvalue weighted by molar-refractivity contribution is 7.19. The lowest BCUT2D eigenvalue weighted by molar-refractivity contribution is -0.122. The van der Waals surface area contributed by atoms with E-state index in [1.807, 2.05) is 17.4 Å². The van der Waals surface area contributed by atoms with E-state index in [1.54, 1.807) is 0 Å². The van der Waals surface area contributed by atoms with Gasteiger partial charge in [0.05, 0.1) is 11.1 Å². The standard InChI is InChI=1S/C22H29ClN2O2S/c23-22-18-5-1-2-6-19(18)28-20(22)15-25-11-9-16(10-12-25)7-8-21(26)24-14-17-4-3-13-27-17/h1-2,5-6,16-17H,3-4,7-15H2,(H,24,26). The number of hydrogen-bond acceptors (Lipinski definition) is 4. The maximum atomic E-state index is 12.1. The zero-order valence-electron chi connectivity index (χ0n) is 16.3. The minimum atomic E-state index is 0.176. The van der Waals surface area contributed by atoms with Crippen molar-refractivity contribution in [2.45, 2.75) is 51.2 Å². The highest BCUT2D eigenvalue weighted by atomic mass is 35.5. The molecule has 4 rings (SSSR count). The van der Waals surface area contributed by atoms with Crippen molar-refractivity contribution < 1.29 is 9.53 Å². The molecule has 0 radical (unpaired) electrons. The van der Waals surface area contributed by atoms with Gasteiger partial charge in [0.2, 0.25) is 5.91 Å². The van der Waals surface area contributed by atoms with Crippen molar-refractivity contribution in [1.29, 1.82) is 0 Å². The summed E-state index contributed by atoms with van der Waals surface area (Å²) in [6.45, 7) is 4.63. The van der Waals surface area contributed by atoms with E-state index >= 15 is 0 Å². The van der Waals surface area contributed by atoms with Crippen LogP contribution in [0.15, 0.2) is 24.3 Å². The van der Waals surface area contributed by atoms with Crippen LogP contribution in [-0.2, 0) is 16.1 Å². The number of nitrogens with one attached hydrogen (secondary N) is 1. The van der Waals surface area contributed by atoms with Crippen LogP contribution < -0.4 is 5.32 Å². The average molecular weight is 421 g/mol. The number of likely N-dealkylation sites (tertiary alicyclic amines) is 1. The molecule has 4 nitrogen and oxygen atoms in total. The molecule has 1 unspecified atom stereocenters. The third-order valence-corrected chi connectivity index (χ3v) is 7.71. The van der Waals surface area contributed by atoms with Crippen molar-refractivity contribution in [1.82, 2.24) is 10.2 Å².